The van der Waals surface area contributed by atoms with Crippen LogP contribution in [0.2, 0.25) is 0 Å². The summed E-state index contributed by atoms with van der Waals surface area (Å²) in [6.07, 6.45) is 1.00. The SMILES string of the molecule is CC(C)CCOc1ccc(C(=O)NC(=S)NCc2ccccc2)cc1. The van der Waals surface area contributed by atoms with Crippen LogP contribution in [0.3, 0.4) is 0 Å². The molecule has 25 heavy (non-hydrogen) atoms. The van der Waals surface area contributed by atoms with Gasteiger partial charge in [-0.05, 0) is 54.4 Å². The number of thiocarbonyl (C=S) groups is 1. The first-order valence-corrected chi connectivity index (χ1v) is 8.81. The summed E-state index contributed by atoms with van der Waals surface area (Å²) >= 11 is 5.17. The highest BCUT2D eigenvalue weighted by Crippen LogP contribution is 2.13. The van der Waals surface area contributed by atoms with Crippen LogP contribution in [0, 0.1) is 5.92 Å². The van der Waals surface area contributed by atoms with Crippen molar-refractivity contribution in [2.45, 2.75) is 26.8 Å². The topological polar surface area (TPSA) is 50.4 Å². The van der Waals surface area contributed by atoms with Gasteiger partial charge in [0.2, 0.25) is 0 Å². The summed E-state index contributed by atoms with van der Waals surface area (Å²) in [6, 6.07) is 16.9. The summed E-state index contributed by atoms with van der Waals surface area (Å²) < 4.78 is 5.65. The van der Waals surface area contributed by atoms with Crippen LogP contribution in [0.4, 0.5) is 0 Å². The lowest BCUT2D eigenvalue weighted by Crippen LogP contribution is -2.38. The summed E-state index contributed by atoms with van der Waals surface area (Å²) in [4.78, 5) is 12.2. The number of nitrogens with one attached hydrogen (secondary N) is 2. The van der Waals surface area contributed by atoms with Gasteiger partial charge in [0, 0.05) is 12.1 Å². The Bertz CT molecular complexity index is 685. The summed E-state index contributed by atoms with van der Waals surface area (Å²) in [5, 5.41) is 6.02. The maximum absolute atomic E-state index is 12.2. The van der Waals surface area contributed by atoms with Gasteiger partial charge in [0.05, 0.1) is 6.61 Å². The number of carbonyl (C=O) groups excluding carboxylic acids is 1. The molecule has 2 N–H and O–H groups in total. The van der Waals surface area contributed by atoms with Crippen LogP contribution in [0.5, 0.6) is 5.75 Å². The van der Waals surface area contributed by atoms with Crippen molar-refractivity contribution in [2.24, 2.45) is 5.92 Å². The first-order valence-electron chi connectivity index (χ1n) is 8.40. The van der Waals surface area contributed by atoms with Crippen molar-refractivity contribution in [2.75, 3.05) is 6.61 Å². The van der Waals surface area contributed by atoms with E-state index in [0.29, 0.717) is 29.7 Å². The number of amides is 1. The quantitative estimate of drug-likeness (QED) is 0.739. The highest BCUT2D eigenvalue weighted by atomic mass is 32.1. The summed E-state index contributed by atoms with van der Waals surface area (Å²) in [5.41, 5.74) is 1.64. The van der Waals surface area contributed by atoms with E-state index in [4.69, 9.17) is 17.0 Å². The second-order valence-electron chi connectivity index (χ2n) is 6.18. The number of carbonyl (C=O) groups is 1. The lowest BCUT2D eigenvalue weighted by molar-refractivity contribution is 0.0976. The molecule has 0 aliphatic carbocycles. The normalized spacial score (nSPS) is 10.4. The highest BCUT2D eigenvalue weighted by molar-refractivity contribution is 7.80. The minimum Gasteiger partial charge on any atom is -0.494 e. The Balaban J connectivity index is 1.78. The zero-order chi connectivity index (χ0) is 18.1. The Labute approximate surface area is 154 Å². The Kier molecular flexibility index (Phi) is 7.41. The molecule has 0 aliphatic heterocycles. The number of hydrogen-bond acceptors (Lipinski definition) is 3. The van der Waals surface area contributed by atoms with E-state index in [0.717, 1.165) is 17.7 Å². The standard InChI is InChI=1S/C20H24N2O2S/c1-15(2)12-13-24-18-10-8-17(9-11-18)19(23)22-20(25)21-14-16-6-4-3-5-7-16/h3-11,15H,12-14H2,1-2H3,(H2,21,22,23,25). The molecule has 2 aromatic carbocycles. The molecular formula is C20H24N2O2S. The van der Waals surface area contributed by atoms with Crippen LogP contribution in [0.1, 0.15) is 36.2 Å². The minimum absolute atomic E-state index is 0.237. The average molecular weight is 356 g/mol. The molecular weight excluding hydrogens is 332 g/mol. The summed E-state index contributed by atoms with van der Waals surface area (Å²) in [7, 11) is 0. The molecule has 0 fully saturated rings. The first kappa shape index (κ1) is 18.9. The van der Waals surface area contributed by atoms with Crippen LogP contribution in [0.15, 0.2) is 54.6 Å². The van der Waals surface area contributed by atoms with Crippen LogP contribution in [-0.2, 0) is 6.54 Å². The predicted molar refractivity (Wildman–Crippen MR) is 105 cm³/mol. The van der Waals surface area contributed by atoms with Crippen LogP contribution < -0.4 is 15.4 Å². The van der Waals surface area contributed by atoms with Gasteiger partial charge in [-0.1, -0.05) is 44.2 Å². The molecule has 1 amide bonds. The lowest BCUT2D eigenvalue weighted by atomic mass is 10.1. The van der Waals surface area contributed by atoms with Gasteiger partial charge in [0.1, 0.15) is 5.75 Å². The largest absolute Gasteiger partial charge is 0.494 e. The Morgan fingerprint density at radius 1 is 1.08 bits per heavy atom. The molecule has 0 heterocycles. The van der Waals surface area contributed by atoms with Crippen LogP contribution in [-0.4, -0.2) is 17.6 Å². The molecule has 0 unspecified atom stereocenters. The molecule has 0 spiro atoms. The first-order chi connectivity index (χ1) is 12.0. The van der Waals surface area contributed by atoms with E-state index in [9.17, 15) is 4.79 Å². The van der Waals surface area contributed by atoms with Crippen LogP contribution >= 0.6 is 12.2 Å². The van der Waals surface area contributed by atoms with Gasteiger partial charge in [-0.15, -0.1) is 0 Å². The Morgan fingerprint density at radius 2 is 1.76 bits per heavy atom. The number of benzene rings is 2. The van der Waals surface area contributed by atoms with E-state index >= 15 is 0 Å². The van der Waals surface area contributed by atoms with Crippen molar-refractivity contribution in [1.29, 1.82) is 0 Å². The third-order valence-electron chi connectivity index (χ3n) is 3.60. The zero-order valence-corrected chi connectivity index (χ0v) is 15.4. The summed E-state index contributed by atoms with van der Waals surface area (Å²) in [5.74, 6) is 1.13. The molecule has 4 nitrogen and oxygen atoms in total. The molecule has 0 aliphatic rings. The van der Waals surface area contributed by atoms with Crippen molar-refractivity contribution in [3.05, 3.63) is 65.7 Å². The monoisotopic (exact) mass is 356 g/mol. The fourth-order valence-electron chi connectivity index (χ4n) is 2.11. The fourth-order valence-corrected chi connectivity index (χ4v) is 2.28. The van der Waals surface area contributed by atoms with Gasteiger partial charge in [-0.2, -0.15) is 0 Å². The molecule has 5 heteroatoms. The predicted octanol–water partition coefficient (Wildman–Crippen LogP) is 3.92. The van der Waals surface area contributed by atoms with E-state index in [-0.39, 0.29) is 5.91 Å². The average Bonchev–Trinajstić information content (AvgIpc) is 2.61. The Hall–Kier alpha value is -2.40. The minimum atomic E-state index is -0.237. The second kappa shape index (κ2) is 9.79. The van der Waals surface area contributed by atoms with E-state index in [1.165, 1.54) is 0 Å². The van der Waals surface area contributed by atoms with Crippen molar-refractivity contribution in [3.8, 4) is 5.75 Å². The van der Waals surface area contributed by atoms with E-state index in [1.807, 2.05) is 30.3 Å². The van der Waals surface area contributed by atoms with Gasteiger partial charge in [-0.3, -0.25) is 10.1 Å². The molecule has 0 saturated heterocycles. The highest BCUT2D eigenvalue weighted by Gasteiger charge is 2.08. The number of ether oxygens (including phenoxy) is 1. The molecule has 2 aromatic rings. The van der Waals surface area contributed by atoms with Gasteiger partial charge in [0.15, 0.2) is 5.11 Å². The molecule has 0 saturated carbocycles. The van der Waals surface area contributed by atoms with Gasteiger partial charge >= 0.3 is 0 Å². The Morgan fingerprint density at radius 3 is 2.40 bits per heavy atom. The van der Waals surface area contributed by atoms with Gasteiger partial charge in [0.25, 0.3) is 5.91 Å². The lowest BCUT2D eigenvalue weighted by Gasteiger charge is -2.11. The third-order valence-corrected chi connectivity index (χ3v) is 3.85. The van der Waals surface area contributed by atoms with Crippen LogP contribution in [0.25, 0.3) is 0 Å². The van der Waals surface area contributed by atoms with Gasteiger partial charge < -0.3 is 10.1 Å². The third kappa shape index (κ3) is 6.93. The number of rotatable bonds is 7. The second-order valence-corrected chi connectivity index (χ2v) is 6.59. The van der Waals surface area contributed by atoms with Gasteiger partial charge in [-0.25, -0.2) is 0 Å². The molecule has 0 bridgehead atoms. The van der Waals surface area contributed by atoms with E-state index < -0.39 is 0 Å². The van der Waals surface area contributed by atoms with Crippen molar-refractivity contribution < 1.29 is 9.53 Å². The van der Waals surface area contributed by atoms with Crippen molar-refractivity contribution in [1.82, 2.24) is 10.6 Å². The summed E-state index contributed by atoms with van der Waals surface area (Å²) in [6.45, 7) is 5.57. The van der Waals surface area contributed by atoms with E-state index in [1.54, 1.807) is 24.3 Å². The fraction of sp³-hybridized carbons (Fsp3) is 0.300. The smallest absolute Gasteiger partial charge is 0.257 e. The molecule has 0 atom stereocenters. The number of hydrogen-bond donors (Lipinski definition) is 2. The zero-order valence-electron chi connectivity index (χ0n) is 14.6. The molecule has 2 rings (SSSR count). The molecule has 132 valence electrons. The molecule has 0 aromatic heterocycles. The van der Waals surface area contributed by atoms with E-state index in [2.05, 4.69) is 24.5 Å². The maximum atomic E-state index is 12.2. The molecule has 0 radical (unpaired) electrons. The maximum Gasteiger partial charge on any atom is 0.257 e. The van der Waals surface area contributed by atoms with Crippen molar-refractivity contribution in [3.63, 3.8) is 0 Å². The van der Waals surface area contributed by atoms with Crippen molar-refractivity contribution >= 4 is 23.2 Å².